The topological polar surface area (TPSA) is 85.2 Å². The van der Waals surface area contributed by atoms with Gasteiger partial charge in [0.2, 0.25) is 0 Å². The number of nitrogens with two attached hydrogens (primary N) is 1. The zero-order chi connectivity index (χ0) is 17.8. The van der Waals surface area contributed by atoms with Gasteiger partial charge in [0.05, 0.1) is 16.6 Å². The van der Waals surface area contributed by atoms with E-state index in [1.54, 1.807) is 0 Å². The molecule has 1 aliphatic heterocycles. The third kappa shape index (κ3) is 3.71. The minimum absolute atomic E-state index is 0. The highest BCUT2D eigenvalue weighted by Gasteiger charge is 2.32. The Hall–Kier alpha value is -1.66. The van der Waals surface area contributed by atoms with E-state index >= 15 is 0 Å². The third-order valence-electron chi connectivity index (χ3n) is 4.97. The number of halogens is 1. The van der Waals surface area contributed by atoms with Gasteiger partial charge in [-0.05, 0) is 37.2 Å². The van der Waals surface area contributed by atoms with Crippen LogP contribution in [0.25, 0.3) is 11.1 Å². The number of likely N-dealkylation sites (tertiary alicyclic amines) is 1. The minimum Gasteiger partial charge on any atom is -0.337 e. The Bertz CT molecular complexity index is 823. The highest BCUT2D eigenvalue weighted by molar-refractivity contribution is 6.06. The monoisotopic (exact) mass is 378 g/mol. The second kappa shape index (κ2) is 6.82. The fraction of sp³-hybridized carbons (Fsp3) is 0.632. The predicted molar refractivity (Wildman–Crippen MR) is 103 cm³/mol. The number of rotatable bonds is 3. The van der Waals surface area contributed by atoms with E-state index in [0.29, 0.717) is 30.3 Å². The van der Waals surface area contributed by atoms with Crippen LogP contribution >= 0.6 is 12.4 Å². The van der Waals surface area contributed by atoms with E-state index in [-0.39, 0.29) is 29.8 Å². The van der Waals surface area contributed by atoms with E-state index in [2.05, 4.69) is 30.9 Å². The number of aromatic nitrogens is 2. The Balaban J connectivity index is 0.00000196. The number of hydrogen-bond donors (Lipinski definition) is 1. The molecule has 2 N–H and O–H groups in total. The van der Waals surface area contributed by atoms with Crippen LogP contribution in [-0.2, 0) is 6.42 Å². The van der Waals surface area contributed by atoms with E-state index in [9.17, 15) is 4.79 Å². The summed E-state index contributed by atoms with van der Waals surface area (Å²) in [6.45, 7) is 7.78. The van der Waals surface area contributed by atoms with Gasteiger partial charge < -0.3 is 15.2 Å². The van der Waals surface area contributed by atoms with Crippen molar-refractivity contribution in [3.8, 4) is 0 Å². The van der Waals surface area contributed by atoms with Crippen LogP contribution in [0.15, 0.2) is 10.6 Å². The summed E-state index contributed by atoms with van der Waals surface area (Å²) in [5, 5.41) is 5.04. The molecule has 7 heteroatoms. The zero-order valence-electron chi connectivity index (χ0n) is 15.6. The SMILES string of the molecule is CC(C)(C)Cc1noc2nc(C3CC3)cc(C(=O)N3CC[C@@H](N)C3)c12.Cl. The highest BCUT2D eigenvalue weighted by atomic mass is 35.5. The van der Waals surface area contributed by atoms with Crippen LogP contribution in [0.1, 0.15) is 67.7 Å². The second-order valence-corrected chi connectivity index (χ2v) is 8.72. The first kappa shape index (κ1) is 19.1. The lowest BCUT2D eigenvalue weighted by atomic mass is 9.89. The first-order chi connectivity index (χ1) is 11.8. The maximum absolute atomic E-state index is 13.2. The normalized spacial score (nSPS) is 20.5. The van der Waals surface area contributed by atoms with Gasteiger partial charge in [-0.25, -0.2) is 4.98 Å². The number of nitrogens with zero attached hydrogens (tertiary/aromatic N) is 3. The van der Waals surface area contributed by atoms with Crippen molar-refractivity contribution in [3.63, 3.8) is 0 Å². The molecule has 26 heavy (non-hydrogen) atoms. The van der Waals surface area contributed by atoms with Crippen LogP contribution in [0, 0.1) is 5.41 Å². The average Bonchev–Trinajstić information content (AvgIpc) is 3.19. The van der Waals surface area contributed by atoms with Crippen LogP contribution in [0.2, 0.25) is 0 Å². The molecule has 0 bridgehead atoms. The molecule has 2 aromatic rings. The van der Waals surface area contributed by atoms with Crippen LogP contribution in [0.3, 0.4) is 0 Å². The molecular formula is C19H27ClN4O2. The van der Waals surface area contributed by atoms with Gasteiger partial charge in [0.15, 0.2) is 0 Å². The quantitative estimate of drug-likeness (QED) is 0.885. The molecule has 6 nitrogen and oxygen atoms in total. The molecule has 1 saturated carbocycles. The van der Waals surface area contributed by atoms with Crippen LogP contribution in [0.5, 0.6) is 0 Å². The number of carbonyl (C=O) groups is 1. The van der Waals surface area contributed by atoms with Gasteiger partial charge in [-0.3, -0.25) is 4.79 Å². The number of amides is 1. The molecule has 0 unspecified atom stereocenters. The zero-order valence-corrected chi connectivity index (χ0v) is 16.4. The van der Waals surface area contributed by atoms with Gasteiger partial charge in [0, 0.05) is 30.7 Å². The smallest absolute Gasteiger partial charge is 0.259 e. The maximum atomic E-state index is 13.2. The number of pyridine rings is 1. The summed E-state index contributed by atoms with van der Waals surface area (Å²) < 4.78 is 5.53. The lowest BCUT2D eigenvalue weighted by Crippen LogP contribution is -2.32. The fourth-order valence-corrected chi connectivity index (χ4v) is 3.55. The van der Waals surface area contributed by atoms with Crippen molar-refractivity contribution in [1.29, 1.82) is 0 Å². The Morgan fingerprint density at radius 3 is 2.65 bits per heavy atom. The average molecular weight is 379 g/mol. The summed E-state index contributed by atoms with van der Waals surface area (Å²) in [6.07, 6.45) is 3.85. The van der Waals surface area contributed by atoms with Gasteiger partial charge >= 0.3 is 0 Å². The summed E-state index contributed by atoms with van der Waals surface area (Å²) >= 11 is 0. The second-order valence-electron chi connectivity index (χ2n) is 8.72. The van der Waals surface area contributed by atoms with Crippen molar-refractivity contribution in [1.82, 2.24) is 15.0 Å². The van der Waals surface area contributed by atoms with Crippen molar-refractivity contribution >= 4 is 29.4 Å². The molecule has 4 rings (SSSR count). The standard InChI is InChI=1S/C19H26N4O2.ClH/c1-19(2,3)9-15-16-13(18(24)23-7-6-12(20)10-23)8-14(11-4-5-11)21-17(16)25-22-15;/h8,11-12H,4-7,9-10,20H2,1-3H3;1H/t12-;/m1./s1. The number of carbonyl (C=O) groups excluding carboxylic acids is 1. The van der Waals surface area contributed by atoms with Crippen molar-refractivity contribution in [3.05, 3.63) is 23.0 Å². The first-order valence-electron chi connectivity index (χ1n) is 9.16. The molecule has 0 radical (unpaired) electrons. The maximum Gasteiger partial charge on any atom is 0.259 e. The molecule has 1 amide bonds. The summed E-state index contributed by atoms with van der Waals surface area (Å²) in [7, 11) is 0. The van der Waals surface area contributed by atoms with Crippen LogP contribution in [0.4, 0.5) is 0 Å². The molecule has 0 spiro atoms. The molecule has 2 fully saturated rings. The van der Waals surface area contributed by atoms with E-state index in [1.807, 2.05) is 11.0 Å². The van der Waals surface area contributed by atoms with E-state index in [0.717, 1.165) is 42.5 Å². The molecule has 0 aromatic carbocycles. The fourth-order valence-electron chi connectivity index (χ4n) is 3.55. The molecule has 1 saturated heterocycles. The summed E-state index contributed by atoms with van der Waals surface area (Å²) in [6, 6.07) is 2.04. The van der Waals surface area contributed by atoms with Crippen molar-refractivity contribution < 1.29 is 9.32 Å². The number of fused-ring (bicyclic) bond motifs is 1. The van der Waals surface area contributed by atoms with E-state index < -0.39 is 0 Å². The van der Waals surface area contributed by atoms with E-state index in [1.165, 1.54) is 0 Å². The molecule has 142 valence electrons. The van der Waals surface area contributed by atoms with Crippen molar-refractivity contribution in [2.45, 2.75) is 58.4 Å². The van der Waals surface area contributed by atoms with Crippen molar-refractivity contribution in [2.75, 3.05) is 13.1 Å². The lowest BCUT2D eigenvalue weighted by Gasteiger charge is -2.19. The number of hydrogen-bond acceptors (Lipinski definition) is 5. The summed E-state index contributed by atoms with van der Waals surface area (Å²) in [4.78, 5) is 19.7. The molecule has 1 atom stereocenters. The molecular weight excluding hydrogens is 352 g/mol. The molecule has 2 aliphatic rings. The van der Waals surface area contributed by atoms with Gasteiger partial charge in [-0.1, -0.05) is 25.9 Å². The summed E-state index contributed by atoms with van der Waals surface area (Å²) in [5.74, 6) is 0.480. The molecule has 2 aromatic heterocycles. The van der Waals surface area contributed by atoms with Gasteiger partial charge in [-0.15, -0.1) is 12.4 Å². The Morgan fingerprint density at radius 1 is 1.35 bits per heavy atom. The molecule has 1 aliphatic carbocycles. The van der Waals surface area contributed by atoms with Crippen LogP contribution in [-0.4, -0.2) is 40.1 Å². The Morgan fingerprint density at radius 2 is 2.08 bits per heavy atom. The Kier molecular flexibility index (Phi) is 5.01. The minimum atomic E-state index is 0. The predicted octanol–water partition coefficient (Wildman–Crippen LogP) is 3.28. The van der Waals surface area contributed by atoms with Crippen molar-refractivity contribution in [2.24, 2.45) is 11.1 Å². The Labute approximate surface area is 159 Å². The summed E-state index contributed by atoms with van der Waals surface area (Å²) in [5.41, 5.74) is 9.01. The van der Waals surface area contributed by atoms with E-state index in [4.69, 9.17) is 10.3 Å². The largest absolute Gasteiger partial charge is 0.337 e. The van der Waals surface area contributed by atoms with Gasteiger partial charge in [0.25, 0.3) is 11.6 Å². The highest BCUT2D eigenvalue weighted by Crippen LogP contribution is 2.41. The van der Waals surface area contributed by atoms with Gasteiger partial charge in [0.1, 0.15) is 0 Å². The third-order valence-corrected chi connectivity index (χ3v) is 4.97. The first-order valence-corrected chi connectivity index (χ1v) is 9.16. The molecule has 3 heterocycles. The van der Waals surface area contributed by atoms with Gasteiger partial charge in [-0.2, -0.15) is 0 Å². The lowest BCUT2D eigenvalue weighted by molar-refractivity contribution is 0.0792. The van der Waals surface area contributed by atoms with Crippen LogP contribution < -0.4 is 5.73 Å².